The molecular formula is C14H15BrF2O3. The largest absolute Gasteiger partial charge is 0.493 e. The van der Waals surface area contributed by atoms with Crippen molar-refractivity contribution in [3.8, 4) is 5.75 Å². The van der Waals surface area contributed by atoms with Gasteiger partial charge in [0.1, 0.15) is 18.1 Å². The standard InChI is InChI=1S/C14H15BrF2O3/c15-11-5-9-1-4-20-14(9)10(6-11)7-12(18)2-3-19-8-13(16)17/h5-6,13H,1-4,7-8H2. The fourth-order valence-electron chi connectivity index (χ4n) is 2.14. The highest BCUT2D eigenvalue weighted by molar-refractivity contribution is 9.10. The summed E-state index contributed by atoms with van der Waals surface area (Å²) in [6, 6.07) is 3.85. The predicted molar refractivity (Wildman–Crippen MR) is 73.5 cm³/mol. The molecule has 1 aromatic rings. The number of benzene rings is 1. The van der Waals surface area contributed by atoms with Gasteiger partial charge in [-0.15, -0.1) is 0 Å². The second-order valence-corrected chi connectivity index (χ2v) is 5.50. The lowest BCUT2D eigenvalue weighted by atomic mass is 10.0. The van der Waals surface area contributed by atoms with Crippen LogP contribution in [0, 0.1) is 0 Å². The fraction of sp³-hybridized carbons (Fsp3) is 0.500. The van der Waals surface area contributed by atoms with Crippen molar-refractivity contribution < 1.29 is 23.0 Å². The smallest absolute Gasteiger partial charge is 0.261 e. The molecule has 2 rings (SSSR count). The number of alkyl halides is 2. The van der Waals surface area contributed by atoms with Crippen molar-refractivity contribution >= 4 is 21.7 Å². The quantitative estimate of drug-likeness (QED) is 0.710. The number of hydrogen-bond acceptors (Lipinski definition) is 3. The normalized spacial score (nSPS) is 13.4. The monoisotopic (exact) mass is 348 g/mol. The van der Waals surface area contributed by atoms with Crippen molar-refractivity contribution in [3.63, 3.8) is 0 Å². The highest BCUT2D eigenvalue weighted by Gasteiger charge is 2.19. The van der Waals surface area contributed by atoms with Gasteiger partial charge in [-0.1, -0.05) is 15.9 Å². The Kier molecular flexibility index (Phi) is 5.48. The summed E-state index contributed by atoms with van der Waals surface area (Å²) in [5.74, 6) is 0.741. The Labute approximate surface area is 124 Å². The molecule has 1 aliphatic rings. The number of carbonyl (C=O) groups is 1. The maximum absolute atomic E-state index is 11.9. The molecule has 6 heteroatoms. The molecule has 1 aromatic carbocycles. The van der Waals surface area contributed by atoms with Crippen molar-refractivity contribution in [2.24, 2.45) is 0 Å². The van der Waals surface area contributed by atoms with Gasteiger partial charge in [-0.3, -0.25) is 4.79 Å². The van der Waals surface area contributed by atoms with Crippen LogP contribution in [0.25, 0.3) is 0 Å². The van der Waals surface area contributed by atoms with Crippen LogP contribution in [0.4, 0.5) is 8.78 Å². The van der Waals surface area contributed by atoms with Crippen LogP contribution in [0.3, 0.4) is 0 Å². The first kappa shape index (κ1) is 15.4. The SMILES string of the molecule is O=C(CCOCC(F)F)Cc1cc(Br)cc2c1OCC2. The first-order valence-electron chi connectivity index (χ1n) is 6.38. The van der Waals surface area contributed by atoms with E-state index in [2.05, 4.69) is 15.9 Å². The van der Waals surface area contributed by atoms with E-state index in [1.165, 1.54) is 0 Å². The van der Waals surface area contributed by atoms with Crippen LogP contribution in [0.15, 0.2) is 16.6 Å². The van der Waals surface area contributed by atoms with Crippen LogP contribution in [0.2, 0.25) is 0 Å². The van der Waals surface area contributed by atoms with E-state index in [-0.39, 0.29) is 25.2 Å². The molecule has 3 nitrogen and oxygen atoms in total. The van der Waals surface area contributed by atoms with Crippen LogP contribution >= 0.6 is 15.9 Å². The Morgan fingerprint density at radius 3 is 3.00 bits per heavy atom. The Balaban J connectivity index is 1.88. The summed E-state index contributed by atoms with van der Waals surface area (Å²) >= 11 is 3.41. The zero-order valence-electron chi connectivity index (χ0n) is 10.8. The topological polar surface area (TPSA) is 35.5 Å². The van der Waals surface area contributed by atoms with Gasteiger partial charge in [0, 0.05) is 29.3 Å². The van der Waals surface area contributed by atoms with Crippen LogP contribution in [-0.4, -0.2) is 32.0 Å². The van der Waals surface area contributed by atoms with Gasteiger partial charge in [0.25, 0.3) is 6.43 Å². The van der Waals surface area contributed by atoms with Gasteiger partial charge in [-0.25, -0.2) is 8.78 Å². The second kappa shape index (κ2) is 7.13. The number of halogens is 3. The van der Waals surface area contributed by atoms with E-state index in [4.69, 9.17) is 9.47 Å². The molecule has 1 heterocycles. The highest BCUT2D eigenvalue weighted by atomic mass is 79.9. The zero-order valence-corrected chi connectivity index (χ0v) is 12.4. The van der Waals surface area contributed by atoms with Gasteiger partial charge in [0.15, 0.2) is 0 Å². The summed E-state index contributed by atoms with van der Waals surface area (Å²) in [6.45, 7) is 0.0351. The summed E-state index contributed by atoms with van der Waals surface area (Å²) in [5.41, 5.74) is 1.93. The van der Waals surface area contributed by atoms with Gasteiger partial charge >= 0.3 is 0 Å². The third-order valence-electron chi connectivity index (χ3n) is 2.98. The Hall–Kier alpha value is -1.01. The maximum atomic E-state index is 11.9. The number of ketones is 1. The minimum Gasteiger partial charge on any atom is -0.493 e. The lowest BCUT2D eigenvalue weighted by Gasteiger charge is -2.09. The van der Waals surface area contributed by atoms with Crippen LogP contribution in [-0.2, 0) is 22.4 Å². The summed E-state index contributed by atoms with van der Waals surface area (Å²) < 4.78 is 34.9. The second-order valence-electron chi connectivity index (χ2n) is 4.58. The average molecular weight is 349 g/mol. The maximum Gasteiger partial charge on any atom is 0.261 e. The Morgan fingerprint density at radius 1 is 1.45 bits per heavy atom. The average Bonchev–Trinajstić information content (AvgIpc) is 2.82. The molecule has 0 bridgehead atoms. The van der Waals surface area contributed by atoms with Crippen molar-refractivity contribution in [3.05, 3.63) is 27.7 Å². The summed E-state index contributed by atoms with van der Waals surface area (Å²) in [6.07, 6.45) is -1.28. The molecule has 110 valence electrons. The van der Waals surface area contributed by atoms with E-state index in [1.54, 1.807) is 0 Å². The lowest BCUT2D eigenvalue weighted by Crippen LogP contribution is -2.11. The van der Waals surface area contributed by atoms with Gasteiger partial charge in [0.05, 0.1) is 13.2 Å². The predicted octanol–water partition coefficient (Wildman–Crippen LogP) is 3.17. The zero-order chi connectivity index (χ0) is 14.5. The van der Waals surface area contributed by atoms with E-state index in [1.807, 2.05) is 12.1 Å². The van der Waals surface area contributed by atoms with Crippen molar-refractivity contribution in [2.45, 2.75) is 25.7 Å². The molecule has 20 heavy (non-hydrogen) atoms. The van der Waals surface area contributed by atoms with Crippen molar-refractivity contribution in [1.29, 1.82) is 0 Å². The summed E-state index contributed by atoms with van der Waals surface area (Å²) in [5, 5.41) is 0. The van der Waals surface area contributed by atoms with Crippen molar-refractivity contribution in [2.75, 3.05) is 19.8 Å². The van der Waals surface area contributed by atoms with Gasteiger partial charge < -0.3 is 9.47 Å². The van der Waals surface area contributed by atoms with E-state index >= 15 is 0 Å². The van der Waals surface area contributed by atoms with E-state index < -0.39 is 13.0 Å². The molecular weight excluding hydrogens is 334 g/mol. The summed E-state index contributed by atoms with van der Waals surface area (Å²) in [7, 11) is 0. The third kappa shape index (κ3) is 4.24. The Morgan fingerprint density at radius 2 is 2.25 bits per heavy atom. The molecule has 1 aliphatic heterocycles. The number of rotatable bonds is 7. The molecule has 0 atom stereocenters. The van der Waals surface area contributed by atoms with E-state index in [0.29, 0.717) is 6.61 Å². The molecule has 0 spiro atoms. The first-order valence-corrected chi connectivity index (χ1v) is 7.17. The number of ether oxygens (including phenoxy) is 2. The highest BCUT2D eigenvalue weighted by Crippen LogP contribution is 2.33. The third-order valence-corrected chi connectivity index (χ3v) is 3.44. The molecule has 0 saturated heterocycles. The molecule has 0 aromatic heterocycles. The minimum atomic E-state index is -2.49. The molecule has 0 radical (unpaired) electrons. The molecule has 0 N–H and O–H groups in total. The fourth-order valence-corrected chi connectivity index (χ4v) is 2.69. The van der Waals surface area contributed by atoms with E-state index in [0.717, 1.165) is 27.8 Å². The van der Waals surface area contributed by atoms with Crippen LogP contribution in [0.1, 0.15) is 17.5 Å². The molecule has 0 fully saturated rings. The lowest BCUT2D eigenvalue weighted by molar-refractivity contribution is -0.119. The van der Waals surface area contributed by atoms with Crippen molar-refractivity contribution in [1.82, 2.24) is 0 Å². The molecule has 0 amide bonds. The van der Waals surface area contributed by atoms with Gasteiger partial charge in [-0.2, -0.15) is 0 Å². The molecule has 0 unspecified atom stereocenters. The Bertz CT molecular complexity index is 492. The van der Waals surface area contributed by atoms with E-state index in [9.17, 15) is 13.6 Å². The minimum absolute atomic E-state index is 0.0280. The first-order chi connectivity index (χ1) is 9.56. The number of carbonyl (C=O) groups excluding carboxylic acids is 1. The van der Waals surface area contributed by atoms with Crippen LogP contribution in [0.5, 0.6) is 5.75 Å². The van der Waals surface area contributed by atoms with Gasteiger partial charge in [-0.05, 0) is 17.7 Å². The van der Waals surface area contributed by atoms with Crippen LogP contribution < -0.4 is 4.74 Å². The molecule has 0 saturated carbocycles. The summed E-state index contributed by atoms with van der Waals surface area (Å²) in [4.78, 5) is 11.8. The van der Waals surface area contributed by atoms with Gasteiger partial charge in [0.2, 0.25) is 0 Å². The molecule has 0 aliphatic carbocycles. The number of hydrogen-bond donors (Lipinski definition) is 0. The number of fused-ring (bicyclic) bond motifs is 1. The number of Topliss-reactive ketones (excluding diaryl/α,β-unsaturated/α-hetero) is 1.